The Morgan fingerprint density at radius 1 is 0.840 bits per heavy atom. The number of halogens is 1. The quantitative estimate of drug-likeness (QED) is 0.595. The molecule has 0 unspecified atom stereocenters. The molecule has 2 aromatic carbocycles. The highest BCUT2D eigenvalue weighted by Gasteiger charge is 2.12. The number of rotatable bonds is 10. The Labute approximate surface area is 159 Å². The fourth-order valence-corrected chi connectivity index (χ4v) is 3.35. The summed E-state index contributed by atoms with van der Waals surface area (Å²) in [6.07, 6.45) is 6.78. The van der Waals surface area contributed by atoms with E-state index in [1.165, 1.54) is 35.1 Å². The monoisotopic (exact) mass is 361 g/mol. The van der Waals surface area contributed by atoms with Gasteiger partial charge in [-0.05, 0) is 66.8 Å². The van der Waals surface area contributed by atoms with Gasteiger partial charge >= 0.3 is 0 Å². The van der Waals surface area contributed by atoms with Crippen molar-refractivity contribution in [2.24, 2.45) is 5.73 Å². The Bertz CT molecular complexity index is 613. The van der Waals surface area contributed by atoms with Crippen LogP contribution >= 0.6 is 12.4 Å². The SMILES string of the molecule is CCc1ccc(OCCN)c(CCCCc2ccccc2)c1CC.Cl. The smallest absolute Gasteiger partial charge is 0.122 e. The van der Waals surface area contributed by atoms with Crippen molar-refractivity contribution < 1.29 is 4.74 Å². The summed E-state index contributed by atoms with van der Waals surface area (Å²) in [5.74, 6) is 1.04. The third-order valence-electron chi connectivity index (χ3n) is 4.58. The molecule has 0 radical (unpaired) electrons. The van der Waals surface area contributed by atoms with Gasteiger partial charge in [0.2, 0.25) is 0 Å². The van der Waals surface area contributed by atoms with Crippen molar-refractivity contribution in [3.8, 4) is 5.75 Å². The fourth-order valence-electron chi connectivity index (χ4n) is 3.35. The molecular weight excluding hydrogens is 330 g/mol. The maximum atomic E-state index is 5.92. The van der Waals surface area contributed by atoms with Gasteiger partial charge in [-0.25, -0.2) is 0 Å². The zero-order chi connectivity index (χ0) is 17.2. The van der Waals surface area contributed by atoms with Gasteiger partial charge in [-0.3, -0.25) is 0 Å². The van der Waals surface area contributed by atoms with Crippen molar-refractivity contribution >= 4 is 12.4 Å². The van der Waals surface area contributed by atoms with Crippen molar-refractivity contribution in [3.05, 3.63) is 64.7 Å². The Kier molecular flexibility index (Phi) is 10.3. The first-order chi connectivity index (χ1) is 11.8. The van der Waals surface area contributed by atoms with Crippen molar-refractivity contribution in [1.82, 2.24) is 0 Å². The van der Waals surface area contributed by atoms with Gasteiger partial charge < -0.3 is 10.5 Å². The van der Waals surface area contributed by atoms with E-state index in [1.807, 2.05) is 0 Å². The first kappa shape index (κ1) is 21.5. The molecule has 3 heteroatoms. The van der Waals surface area contributed by atoms with Gasteiger partial charge in [0.15, 0.2) is 0 Å². The average Bonchev–Trinajstić information content (AvgIpc) is 2.64. The molecule has 2 rings (SSSR count). The summed E-state index contributed by atoms with van der Waals surface area (Å²) in [5, 5.41) is 0. The number of nitrogens with two attached hydrogens (primary N) is 1. The Morgan fingerprint density at radius 2 is 1.56 bits per heavy atom. The molecule has 0 fully saturated rings. The van der Waals surface area contributed by atoms with E-state index in [1.54, 1.807) is 0 Å². The van der Waals surface area contributed by atoms with Crippen LogP contribution in [0.4, 0.5) is 0 Å². The van der Waals surface area contributed by atoms with Crippen LogP contribution in [-0.2, 0) is 25.7 Å². The molecule has 138 valence electrons. The van der Waals surface area contributed by atoms with E-state index in [0.29, 0.717) is 13.2 Å². The van der Waals surface area contributed by atoms with Crippen LogP contribution in [0.3, 0.4) is 0 Å². The molecule has 0 heterocycles. The first-order valence-corrected chi connectivity index (χ1v) is 9.30. The third-order valence-corrected chi connectivity index (χ3v) is 4.58. The predicted molar refractivity (Wildman–Crippen MR) is 110 cm³/mol. The molecule has 2 N–H and O–H groups in total. The van der Waals surface area contributed by atoms with Crippen LogP contribution in [0.5, 0.6) is 5.75 Å². The fraction of sp³-hybridized carbons (Fsp3) is 0.455. The topological polar surface area (TPSA) is 35.2 Å². The Morgan fingerprint density at radius 3 is 2.20 bits per heavy atom. The molecule has 0 aliphatic carbocycles. The average molecular weight is 362 g/mol. The van der Waals surface area contributed by atoms with Crippen LogP contribution < -0.4 is 10.5 Å². The maximum absolute atomic E-state index is 5.92. The standard InChI is InChI=1S/C22H31NO.ClH/c1-3-19-14-15-22(24-17-16-23)21(20(19)4-2)13-9-8-12-18-10-6-5-7-11-18;/h5-7,10-11,14-15H,3-4,8-9,12-13,16-17,23H2,1-2H3;1H. The number of ether oxygens (including phenoxy) is 1. The summed E-state index contributed by atoms with van der Waals surface area (Å²) >= 11 is 0. The van der Waals surface area contributed by atoms with Gasteiger partial charge in [0.25, 0.3) is 0 Å². The minimum atomic E-state index is 0. The van der Waals surface area contributed by atoms with Crippen LogP contribution in [0.15, 0.2) is 42.5 Å². The normalized spacial score (nSPS) is 10.4. The predicted octanol–water partition coefficient (Wildman–Crippen LogP) is 5.14. The Balaban J connectivity index is 0.00000312. The minimum absolute atomic E-state index is 0. The highest BCUT2D eigenvalue weighted by molar-refractivity contribution is 5.85. The van der Waals surface area contributed by atoms with Gasteiger partial charge in [0.05, 0.1) is 0 Å². The third kappa shape index (κ3) is 6.37. The molecule has 0 aromatic heterocycles. The van der Waals surface area contributed by atoms with Gasteiger partial charge in [-0.15, -0.1) is 12.4 Å². The highest BCUT2D eigenvalue weighted by atomic mass is 35.5. The van der Waals surface area contributed by atoms with Crippen molar-refractivity contribution in [2.45, 2.75) is 52.4 Å². The van der Waals surface area contributed by atoms with Crippen LogP contribution in [0.1, 0.15) is 48.9 Å². The molecule has 0 aliphatic rings. The molecular formula is C22H32ClNO. The number of hydrogen-bond donors (Lipinski definition) is 1. The lowest BCUT2D eigenvalue weighted by Gasteiger charge is -2.18. The van der Waals surface area contributed by atoms with Crippen molar-refractivity contribution in [3.63, 3.8) is 0 Å². The molecule has 0 saturated carbocycles. The highest BCUT2D eigenvalue weighted by Crippen LogP contribution is 2.29. The zero-order valence-electron chi connectivity index (χ0n) is 15.6. The number of benzene rings is 2. The summed E-state index contributed by atoms with van der Waals surface area (Å²) in [5.41, 5.74) is 11.4. The lowest BCUT2D eigenvalue weighted by atomic mass is 9.92. The second kappa shape index (κ2) is 11.9. The van der Waals surface area contributed by atoms with Gasteiger partial charge in [0.1, 0.15) is 12.4 Å². The summed E-state index contributed by atoms with van der Waals surface area (Å²) in [7, 11) is 0. The van der Waals surface area contributed by atoms with Crippen molar-refractivity contribution in [2.75, 3.05) is 13.2 Å². The molecule has 2 aromatic rings. The van der Waals surface area contributed by atoms with Crippen LogP contribution in [-0.4, -0.2) is 13.2 Å². The first-order valence-electron chi connectivity index (χ1n) is 9.30. The molecule has 0 aliphatic heterocycles. The Hall–Kier alpha value is -1.51. The van der Waals surface area contributed by atoms with Crippen LogP contribution in [0.25, 0.3) is 0 Å². The molecule has 25 heavy (non-hydrogen) atoms. The van der Waals surface area contributed by atoms with E-state index < -0.39 is 0 Å². The van der Waals surface area contributed by atoms with Gasteiger partial charge in [-0.2, -0.15) is 0 Å². The van der Waals surface area contributed by atoms with Crippen LogP contribution in [0.2, 0.25) is 0 Å². The lowest BCUT2D eigenvalue weighted by molar-refractivity contribution is 0.324. The summed E-state index contributed by atoms with van der Waals surface area (Å²) < 4.78 is 5.92. The van der Waals surface area contributed by atoms with Crippen LogP contribution in [0, 0.1) is 0 Å². The zero-order valence-corrected chi connectivity index (χ0v) is 16.4. The molecule has 0 amide bonds. The largest absolute Gasteiger partial charge is 0.492 e. The number of hydrogen-bond acceptors (Lipinski definition) is 2. The summed E-state index contributed by atoms with van der Waals surface area (Å²) in [6.45, 7) is 5.62. The number of aryl methyl sites for hydroxylation is 2. The van der Waals surface area contributed by atoms with E-state index in [-0.39, 0.29) is 12.4 Å². The molecule has 2 nitrogen and oxygen atoms in total. The van der Waals surface area contributed by atoms with Crippen molar-refractivity contribution in [1.29, 1.82) is 0 Å². The number of unbranched alkanes of at least 4 members (excludes halogenated alkanes) is 1. The molecule has 0 spiro atoms. The van der Waals surface area contributed by atoms with E-state index >= 15 is 0 Å². The second-order valence-corrected chi connectivity index (χ2v) is 6.22. The van der Waals surface area contributed by atoms with Gasteiger partial charge in [-0.1, -0.05) is 50.2 Å². The van der Waals surface area contributed by atoms with Gasteiger partial charge in [0, 0.05) is 6.54 Å². The molecule has 0 saturated heterocycles. The summed E-state index contributed by atoms with van der Waals surface area (Å²) in [6, 6.07) is 15.1. The summed E-state index contributed by atoms with van der Waals surface area (Å²) in [4.78, 5) is 0. The minimum Gasteiger partial charge on any atom is -0.492 e. The van der Waals surface area contributed by atoms with E-state index in [2.05, 4.69) is 56.3 Å². The van der Waals surface area contributed by atoms with E-state index in [9.17, 15) is 0 Å². The van der Waals surface area contributed by atoms with E-state index in [4.69, 9.17) is 10.5 Å². The lowest BCUT2D eigenvalue weighted by Crippen LogP contribution is -2.12. The van der Waals surface area contributed by atoms with E-state index in [0.717, 1.165) is 31.4 Å². The molecule has 0 bridgehead atoms. The maximum Gasteiger partial charge on any atom is 0.122 e. The second-order valence-electron chi connectivity index (χ2n) is 6.22. The molecule has 0 atom stereocenters.